The zero-order valence-corrected chi connectivity index (χ0v) is 8.28. The highest BCUT2D eigenvalue weighted by Crippen LogP contribution is 2.28. The lowest BCUT2D eigenvalue weighted by Gasteiger charge is -2.03. The van der Waals surface area contributed by atoms with E-state index in [0.29, 0.717) is 10.7 Å². The van der Waals surface area contributed by atoms with E-state index in [1.807, 2.05) is 14.1 Å². The summed E-state index contributed by atoms with van der Waals surface area (Å²) in [5.74, 6) is 0.127. The molecule has 0 aliphatic heterocycles. The Balaban J connectivity index is 2.93. The van der Waals surface area contributed by atoms with Gasteiger partial charge in [0.25, 0.3) is 0 Å². The van der Waals surface area contributed by atoms with Crippen LogP contribution in [-0.4, -0.2) is 30.4 Å². The Morgan fingerprint density at radius 2 is 2.15 bits per heavy atom. The van der Waals surface area contributed by atoms with E-state index in [2.05, 4.69) is 4.99 Å². The first-order valence-electron chi connectivity index (χ1n) is 3.79. The average molecular weight is 199 g/mol. The largest absolute Gasteiger partial charge is 0.506 e. The lowest BCUT2D eigenvalue weighted by molar-refractivity contribution is 0.476. The maximum absolute atomic E-state index is 9.36. The molecule has 1 aromatic carbocycles. The number of halogens is 1. The lowest BCUT2D eigenvalue weighted by atomic mass is 10.3. The van der Waals surface area contributed by atoms with Crippen molar-refractivity contribution in [3.8, 4) is 5.75 Å². The van der Waals surface area contributed by atoms with Crippen molar-refractivity contribution >= 4 is 23.6 Å². The van der Waals surface area contributed by atoms with Crippen molar-refractivity contribution in [3.05, 3.63) is 23.2 Å². The minimum atomic E-state index is 0.127. The molecule has 0 spiro atoms. The minimum Gasteiger partial charge on any atom is -0.506 e. The van der Waals surface area contributed by atoms with Gasteiger partial charge in [0.15, 0.2) is 0 Å². The van der Waals surface area contributed by atoms with Crippen LogP contribution in [0.4, 0.5) is 5.69 Å². The molecule has 70 valence electrons. The number of benzene rings is 1. The second kappa shape index (κ2) is 4.14. The third-order valence-corrected chi connectivity index (χ3v) is 1.60. The number of hydrogen-bond donors (Lipinski definition) is 1. The van der Waals surface area contributed by atoms with Crippen molar-refractivity contribution < 1.29 is 5.11 Å². The Morgan fingerprint density at radius 1 is 1.46 bits per heavy atom. The SMILES string of the molecule is CN(C)C=Nc1cc(Cl)ccc1O. The van der Waals surface area contributed by atoms with Crippen molar-refractivity contribution in [1.82, 2.24) is 4.90 Å². The Morgan fingerprint density at radius 3 is 2.77 bits per heavy atom. The number of hydrogen-bond acceptors (Lipinski definition) is 2. The zero-order chi connectivity index (χ0) is 9.84. The van der Waals surface area contributed by atoms with E-state index in [-0.39, 0.29) is 5.75 Å². The number of phenolic OH excluding ortho intramolecular Hbond substituents is 1. The summed E-state index contributed by atoms with van der Waals surface area (Å²) >= 11 is 5.73. The molecule has 0 bridgehead atoms. The minimum absolute atomic E-state index is 0.127. The van der Waals surface area contributed by atoms with Crippen LogP contribution in [0.25, 0.3) is 0 Å². The first-order chi connectivity index (χ1) is 6.09. The molecule has 0 aliphatic rings. The van der Waals surface area contributed by atoms with Crippen molar-refractivity contribution in [2.24, 2.45) is 4.99 Å². The number of phenols is 1. The molecule has 0 aromatic heterocycles. The van der Waals surface area contributed by atoms with Crippen molar-refractivity contribution in [3.63, 3.8) is 0 Å². The highest BCUT2D eigenvalue weighted by molar-refractivity contribution is 6.30. The molecule has 0 atom stereocenters. The molecule has 1 N–H and O–H groups in total. The molecular formula is C9H11ClN2O. The summed E-state index contributed by atoms with van der Waals surface area (Å²) in [6.45, 7) is 0. The maximum Gasteiger partial charge on any atom is 0.141 e. The fourth-order valence-electron chi connectivity index (χ4n) is 0.778. The first kappa shape index (κ1) is 9.86. The monoisotopic (exact) mass is 198 g/mol. The summed E-state index contributed by atoms with van der Waals surface area (Å²) in [5.41, 5.74) is 0.473. The maximum atomic E-state index is 9.36. The molecule has 4 heteroatoms. The van der Waals surface area contributed by atoms with Gasteiger partial charge in [0.05, 0.1) is 6.34 Å². The molecular weight excluding hydrogens is 188 g/mol. The van der Waals surface area contributed by atoms with E-state index in [1.54, 1.807) is 23.4 Å². The fourth-order valence-corrected chi connectivity index (χ4v) is 0.944. The highest BCUT2D eigenvalue weighted by Gasteiger charge is 1.98. The van der Waals surface area contributed by atoms with E-state index < -0.39 is 0 Å². The standard InChI is InChI=1S/C9H11ClN2O/c1-12(2)6-11-8-5-7(10)3-4-9(8)13/h3-6,13H,1-2H3. The van der Waals surface area contributed by atoms with Crippen LogP contribution in [-0.2, 0) is 0 Å². The van der Waals surface area contributed by atoms with Crippen LogP contribution in [0.3, 0.4) is 0 Å². The summed E-state index contributed by atoms with van der Waals surface area (Å²) in [7, 11) is 3.70. The molecule has 0 amide bonds. The number of rotatable bonds is 2. The number of aliphatic imine (C=N–C) groups is 1. The van der Waals surface area contributed by atoms with Crippen LogP contribution in [0.15, 0.2) is 23.2 Å². The van der Waals surface area contributed by atoms with Crippen LogP contribution in [0, 0.1) is 0 Å². The predicted octanol–water partition coefficient (Wildman–Crippen LogP) is 2.27. The quantitative estimate of drug-likeness (QED) is 0.585. The Bertz CT molecular complexity index is 323. The molecule has 0 aliphatic carbocycles. The van der Waals surface area contributed by atoms with Gasteiger partial charge in [-0.1, -0.05) is 11.6 Å². The van der Waals surface area contributed by atoms with Crippen molar-refractivity contribution in [1.29, 1.82) is 0 Å². The fraction of sp³-hybridized carbons (Fsp3) is 0.222. The van der Waals surface area contributed by atoms with Crippen molar-refractivity contribution in [2.45, 2.75) is 0 Å². The topological polar surface area (TPSA) is 35.8 Å². The van der Waals surface area contributed by atoms with E-state index in [0.717, 1.165) is 0 Å². The van der Waals surface area contributed by atoms with Gasteiger partial charge in [-0.25, -0.2) is 4.99 Å². The summed E-state index contributed by atoms with van der Waals surface area (Å²) < 4.78 is 0. The van der Waals surface area contributed by atoms with Gasteiger partial charge < -0.3 is 10.0 Å². The van der Waals surface area contributed by atoms with E-state index in [1.165, 1.54) is 6.07 Å². The first-order valence-corrected chi connectivity index (χ1v) is 4.16. The Hall–Kier alpha value is -1.22. The second-order valence-corrected chi connectivity index (χ2v) is 3.28. The molecule has 0 heterocycles. The zero-order valence-electron chi connectivity index (χ0n) is 7.53. The Labute approximate surface area is 82.3 Å². The molecule has 0 saturated heterocycles. The van der Waals surface area contributed by atoms with Gasteiger partial charge in [-0.15, -0.1) is 0 Å². The van der Waals surface area contributed by atoms with Crippen LogP contribution < -0.4 is 0 Å². The Kier molecular flexibility index (Phi) is 3.14. The average Bonchev–Trinajstić information content (AvgIpc) is 2.06. The lowest BCUT2D eigenvalue weighted by Crippen LogP contribution is -2.06. The summed E-state index contributed by atoms with van der Waals surface area (Å²) in [4.78, 5) is 5.81. The molecule has 1 rings (SSSR count). The molecule has 0 fully saturated rings. The molecule has 3 nitrogen and oxygen atoms in total. The van der Waals surface area contributed by atoms with E-state index in [4.69, 9.17) is 11.6 Å². The number of aromatic hydroxyl groups is 1. The van der Waals surface area contributed by atoms with E-state index in [9.17, 15) is 5.11 Å². The predicted molar refractivity (Wildman–Crippen MR) is 55.0 cm³/mol. The van der Waals surface area contributed by atoms with Crippen LogP contribution in [0.2, 0.25) is 5.02 Å². The summed E-state index contributed by atoms with van der Waals surface area (Å²) in [6.07, 6.45) is 1.60. The van der Waals surface area contributed by atoms with Gasteiger partial charge in [0.1, 0.15) is 11.4 Å². The summed E-state index contributed by atoms with van der Waals surface area (Å²) in [5, 5.41) is 9.92. The molecule has 1 aromatic rings. The van der Waals surface area contributed by atoms with Crippen LogP contribution in [0.5, 0.6) is 5.75 Å². The third kappa shape index (κ3) is 2.95. The molecule has 0 radical (unpaired) electrons. The van der Waals surface area contributed by atoms with Gasteiger partial charge in [-0.2, -0.15) is 0 Å². The van der Waals surface area contributed by atoms with Crippen molar-refractivity contribution in [2.75, 3.05) is 14.1 Å². The van der Waals surface area contributed by atoms with Gasteiger partial charge in [-0.05, 0) is 18.2 Å². The van der Waals surface area contributed by atoms with Crippen LogP contribution >= 0.6 is 11.6 Å². The number of nitrogens with zero attached hydrogens (tertiary/aromatic N) is 2. The molecule has 0 saturated carbocycles. The van der Waals surface area contributed by atoms with Gasteiger partial charge in [0, 0.05) is 19.1 Å². The van der Waals surface area contributed by atoms with Gasteiger partial charge in [-0.3, -0.25) is 0 Å². The van der Waals surface area contributed by atoms with E-state index >= 15 is 0 Å². The smallest absolute Gasteiger partial charge is 0.141 e. The normalized spacial score (nSPS) is 10.7. The molecule has 13 heavy (non-hydrogen) atoms. The highest BCUT2D eigenvalue weighted by atomic mass is 35.5. The summed E-state index contributed by atoms with van der Waals surface area (Å²) in [6, 6.07) is 4.74. The van der Waals surface area contributed by atoms with Crippen LogP contribution in [0.1, 0.15) is 0 Å². The van der Waals surface area contributed by atoms with Gasteiger partial charge >= 0.3 is 0 Å². The second-order valence-electron chi connectivity index (χ2n) is 2.84. The third-order valence-electron chi connectivity index (χ3n) is 1.37. The van der Waals surface area contributed by atoms with Gasteiger partial charge in [0.2, 0.25) is 0 Å². The molecule has 0 unspecified atom stereocenters.